The maximum Gasteiger partial charge on any atom is 0.288 e. The molecule has 28 heavy (non-hydrogen) atoms. The van der Waals surface area contributed by atoms with E-state index in [4.69, 9.17) is 0 Å². The highest BCUT2D eigenvalue weighted by Gasteiger charge is 2.30. The zero-order valence-corrected chi connectivity index (χ0v) is 17.1. The van der Waals surface area contributed by atoms with Crippen LogP contribution in [0.5, 0.6) is 0 Å². The van der Waals surface area contributed by atoms with Crippen molar-refractivity contribution in [2.24, 2.45) is 7.05 Å². The molecule has 3 heterocycles. The summed E-state index contributed by atoms with van der Waals surface area (Å²) in [6, 6.07) is 0.389. The highest BCUT2D eigenvalue weighted by Crippen LogP contribution is 2.41. The van der Waals surface area contributed by atoms with Gasteiger partial charge in [-0.05, 0) is 44.6 Å². The van der Waals surface area contributed by atoms with Crippen LogP contribution in [-0.4, -0.2) is 51.8 Å². The third-order valence-electron chi connectivity index (χ3n) is 5.95. The first-order valence-corrected chi connectivity index (χ1v) is 10.0. The van der Waals surface area contributed by atoms with Crippen LogP contribution in [0, 0.1) is 13.8 Å². The molecule has 0 radical (unpaired) electrons. The monoisotopic (exact) mass is 383 g/mol. The van der Waals surface area contributed by atoms with Gasteiger partial charge in [-0.2, -0.15) is 5.10 Å². The number of carbonyl (C=O) groups is 1. The van der Waals surface area contributed by atoms with E-state index in [9.17, 15) is 4.79 Å². The second kappa shape index (κ2) is 7.50. The van der Waals surface area contributed by atoms with Gasteiger partial charge in [0.1, 0.15) is 5.82 Å². The highest BCUT2D eigenvalue weighted by atomic mass is 16.2. The van der Waals surface area contributed by atoms with E-state index in [-0.39, 0.29) is 11.7 Å². The van der Waals surface area contributed by atoms with Gasteiger partial charge in [0, 0.05) is 51.0 Å². The molecule has 8 nitrogen and oxygen atoms in total. The molecule has 0 bridgehead atoms. The first-order valence-electron chi connectivity index (χ1n) is 10.0. The smallest absolute Gasteiger partial charge is 0.288 e. The number of hydrogen-bond acceptors (Lipinski definition) is 6. The summed E-state index contributed by atoms with van der Waals surface area (Å²) in [5, 5.41) is 10.8. The van der Waals surface area contributed by atoms with E-state index in [2.05, 4.69) is 30.6 Å². The van der Waals surface area contributed by atoms with E-state index < -0.39 is 0 Å². The van der Waals surface area contributed by atoms with Crippen molar-refractivity contribution in [3.63, 3.8) is 0 Å². The normalized spacial score (nSPS) is 19.3. The largest absolute Gasteiger partial charge is 0.355 e. The number of anilines is 1. The van der Waals surface area contributed by atoms with Crippen LogP contribution >= 0.6 is 0 Å². The van der Waals surface area contributed by atoms with Crippen LogP contribution in [-0.2, 0) is 13.6 Å². The number of aryl methyl sites for hydroxylation is 2. The fourth-order valence-corrected chi connectivity index (χ4v) is 3.93. The van der Waals surface area contributed by atoms with Crippen LogP contribution in [0.1, 0.15) is 58.3 Å². The van der Waals surface area contributed by atoms with Gasteiger partial charge in [-0.3, -0.25) is 9.48 Å². The molecule has 1 saturated heterocycles. The molecular weight excluding hydrogens is 354 g/mol. The zero-order chi connectivity index (χ0) is 19.8. The highest BCUT2D eigenvalue weighted by molar-refractivity contribution is 5.90. The SMILES string of the molecule is CNC(=O)c1nc(C)c(C)c(N2CC[C@@H](NCc3c(C4CC4)cnn3C)C2)n1. The third-order valence-corrected chi connectivity index (χ3v) is 5.95. The summed E-state index contributed by atoms with van der Waals surface area (Å²) in [4.78, 5) is 23.1. The number of amides is 1. The Bertz CT molecular complexity index is 887. The summed E-state index contributed by atoms with van der Waals surface area (Å²) in [6.45, 7) is 6.59. The Morgan fingerprint density at radius 2 is 2.04 bits per heavy atom. The molecule has 2 aromatic rings. The Kier molecular flexibility index (Phi) is 5.05. The maximum atomic E-state index is 12.0. The van der Waals surface area contributed by atoms with Crippen molar-refractivity contribution >= 4 is 11.7 Å². The molecule has 150 valence electrons. The Morgan fingerprint density at radius 3 is 2.75 bits per heavy atom. The minimum absolute atomic E-state index is 0.237. The minimum atomic E-state index is -0.248. The number of hydrogen-bond donors (Lipinski definition) is 2. The number of nitrogens with zero attached hydrogens (tertiary/aromatic N) is 5. The maximum absolute atomic E-state index is 12.0. The number of rotatable bonds is 6. The zero-order valence-electron chi connectivity index (χ0n) is 17.1. The molecule has 4 rings (SSSR count). The predicted molar refractivity (Wildman–Crippen MR) is 108 cm³/mol. The van der Waals surface area contributed by atoms with Gasteiger partial charge >= 0.3 is 0 Å². The number of nitrogens with one attached hydrogen (secondary N) is 2. The van der Waals surface area contributed by atoms with Crippen LogP contribution in [0.25, 0.3) is 0 Å². The molecule has 8 heteroatoms. The molecule has 2 aliphatic rings. The second-order valence-electron chi connectivity index (χ2n) is 7.92. The molecule has 1 saturated carbocycles. The topological polar surface area (TPSA) is 88.0 Å². The van der Waals surface area contributed by atoms with E-state index in [1.54, 1.807) is 7.05 Å². The van der Waals surface area contributed by atoms with E-state index >= 15 is 0 Å². The number of aromatic nitrogens is 4. The standard InChI is InChI=1S/C20H29N7O/c1-12-13(2)24-18(20(28)21-3)25-19(12)27-8-7-15(11-27)22-10-17-16(14-5-6-14)9-23-26(17)4/h9,14-15,22H,5-8,10-11H2,1-4H3,(H,21,28)/t15-/m1/s1. The van der Waals surface area contributed by atoms with Crippen molar-refractivity contribution in [3.05, 3.63) is 34.5 Å². The molecular formula is C20H29N7O. The van der Waals surface area contributed by atoms with Gasteiger partial charge in [0.15, 0.2) is 0 Å². The molecule has 2 fully saturated rings. The van der Waals surface area contributed by atoms with Crippen LogP contribution in [0.15, 0.2) is 6.20 Å². The Morgan fingerprint density at radius 1 is 1.25 bits per heavy atom. The van der Waals surface area contributed by atoms with Gasteiger partial charge in [0.2, 0.25) is 5.82 Å². The summed E-state index contributed by atoms with van der Waals surface area (Å²) in [6.07, 6.45) is 5.66. The molecule has 1 amide bonds. The quantitative estimate of drug-likeness (QED) is 0.785. The van der Waals surface area contributed by atoms with Crippen molar-refractivity contribution < 1.29 is 4.79 Å². The third kappa shape index (κ3) is 3.61. The Balaban J connectivity index is 1.44. The van der Waals surface area contributed by atoms with Crippen molar-refractivity contribution in [1.82, 2.24) is 30.4 Å². The fraction of sp³-hybridized carbons (Fsp3) is 0.600. The average molecular weight is 384 g/mol. The summed E-state index contributed by atoms with van der Waals surface area (Å²) in [5.74, 6) is 1.57. The van der Waals surface area contributed by atoms with E-state index in [0.717, 1.165) is 43.1 Å². The fourth-order valence-electron chi connectivity index (χ4n) is 3.93. The summed E-state index contributed by atoms with van der Waals surface area (Å²) in [5.41, 5.74) is 4.60. The van der Waals surface area contributed by atoms with E-state index in [1.165, 1.54) is 24.1 Å². The van der Waals surface area contributed by atoms with Gasteiger partial charge < -0.3 is 15.5 Å². The van der Waals surface area contributed by atoms with Crippen LogP contribution < -0.4 is 15.5 Å². The summed E-state index contributed by atoms with van der Waals surface area (Å²) >= 11 is 0. The predicted octanol–water partition coefficient (Wildman–Crippen LogP) is 1.43. The van der Waals surface area contributed by atoms with Crippen LogP contribution in [0.3, 0.4) is 0 Å². The lowest BCUT2D eigenvalue weighted by molar-refractivity contribution is 0.0952. The lowest BCUT2D eigenvalue weighted by Gasteiger charge is -2.21. The van der Waals surface area contributed by atoms with E-state index in [0.29, 0.717) is 12.0 Å². The average Bonchev–Trinajstić information content (AvgIpc) is 3.31. The minimum Gasteiger partial charge on any atom is -0.355 e. The first kappa shape index (κ1) is 18.9. The van der Waals surface area contributed by atoms with Crippen molar-refractivity contribution in [3.8, 4) is 0 Å². The molecule has 0 aromatic carbocycles. The van der Waals surface area contributed by atoms with Gasteiger partial charge in [-0.15, -0.1) is 0 Å². The lowest BCUT2D eigenvalue weighted by atomic mass is 10.1. The Labute approximate surface area is 165 Å². The second-order valence-corrected chi connectivity index (χ2v) is 7.92. The molecule has 2 N–H and O–H groups in total. The molecule has 1 aliphatic heterocycles. The van der Waals surface area contributed by atoms with Crippen molar-refractivity contribution in [2.75, 3.05) is 25.0 Å². The summed E-state index contributed by atoms with van der Waals surface area (Å²) < 4.78 is 2.00. The first-order chi connectivity index (χ1) is 13.5. The lowest BCUT2D eigenvalue weighted by Crippen LogP contribution is -2.34. The van der Waals surface area contributed by atoms with Crippen molar-refractivity contribution in [2.45, 2.75) is 51.6 Å². The van der Waals surface area contributed by atoms with E-state index in [1.807, 2.05) is 31.8 Å². The van der Waals surface area contributed by atoms with Gasteiger partial charge in [0.05, 0.1) is 11.9 Å². The van der Waals surface area contributed by atoms with Gasteiger partial charge in [-0.25, -0.2) is 9.97 Å². The molecule has 2 aromatic heterocycles. The Hall–Kier alpha value is -2.48. The molecule has 0 spiro atoms. The molecule has 0 unspecified atom stereocenters. The van der Waals surface area contributed by atoms with Crippen molar-refractivity contribution in [1.29, 1.82) is 0 Å². The van der Waals surface area contributed by atoms with Gasteiger partial charge in [-0.1, -0.05) is 0 Å². The van der Waals surface area contributed by atoms with Gasteiger partial charge in [0.25, 0.3) is 5.91 Å². The number of carbonyl (C=O) groups excluding carboxylic acids is 1. The molecule has 1 aliphatic carbocycles. The van der Waals surface area contributed by atoms with Crippen LogP contribution in [0.2, 0.25) is 0 Å². The summed E-state index contributed by atoms with van der Waals surface area (Å²) in [7, 11) is 3.63. The molecule has 1 atom stereocenters. The van der Waals surface area contributed by atoms with Crippen LogP contribution in [0.4, 0.5) is 5.82 Å².